The molecule has 0 bridgehead atoms. The Hall–Kier alpha value is -1.35. The molecule has 21 heavy (non-hydrogen) atoms. The van der Waals surface area contributed by atoms with Gasteiger partial charge in [0.25, 0.3) is 0 Å². The number of piperidine rings is 1. The smallest absolute Gasteiger partial charge is 0.223 e. The Kier molecular flexibility index (Phi) is 6.24. The average Bonchev–Trinajstić information content (AvgIpc) is 2.54. The number of ether oxygens (including phenoxy) is 1. The molecule has 1 aliphatic heterocycles. The standard InChI is InChI=1S/C18H27NO2/c1-3-21-14-16-8-7-11-19(13-16)18(20)12-15(2)17-9-5-4-6-10-17/h4-6,9-10,15-16H,3,7-8,11-14H2,1-2H3. The topological polar surface area (TPSA) is 29.5 Å². The molecule has 0 saturated carbocycles. The molecule has 0 radical (unpaired) electrons. The Morgan fingerprint density at radius 1 is 1.38 bits per heavy atom. The second kappa shape index (κ2) is 8.18. The van der Waals surface area contributed by atoms with Gasteiger partial charge in [-0.1, -0.05) is 37.3 Å². The quantitative estimate of drug-likeness (QED) is 0.802. The summed E-state index contributed by atoms with van der Waals surface area (Å²) in [6, 6.07) is 10.3. The maximum absolute atomic E-state index is 12.5. The molecule has 1 aliphatic rings. The normalized spacial score (nSPS) is 20.3. The molecule has 2 atom stereocenters. The molecule has 3 nitrogen and oxygen atoms in total. The third-order valence-electron chi connectivity index (χ3n) is 4.28. The van der Waals surface area contributed by atoms with Crippen molar-refractivity contribution in [1.29, 1.82) is 0 Å². The molecular formula is C18H27NO2. The lowest BCUT2D eigenvalue weighted by Gasteiger charge is -2.33. The predicted octanol–water partition coefficient (Wildman–Crippen LogP) is 3.46. The van der Waals surface area contributed by atoms with Crippen LogP contribution in [0, 0.1) is 5.92 Å². The lowest BCUT2D eigenvalue weighted by molar-refractivity contribution is -0.133. The molecule has 2 rings (SSSR count). The second-order valence-corrected chi connectivity index (χ2v) is 6.02. The zero-order chi connectivity index (χ0) is 15.1. The van der Waals surface area contributed by atoms with E-state index in [0.717, 1.165) is 32.7 Å². The Balaban J connectivity index is 1.85. The van der Waals surface area contributed by atoms with Crippen LogP contribution in [0.15, 0.2) is 30.3 Å². The van der Waals surface area contributed by atoms with E-state index in [9.17, 15) is 4.79 Å². The molecule has 1 amide bonds. The summed E-state index contributed by atoms with van der Waals surface area (Å²) in [5.74, 6) is 1.08. The van der Waals surface area contributed by atoms with Crippen molar-refractivity contribution in [3.05, 3.63) is 35.9 Å². The van der Waals surface area contributed by atoms with Gasteiger partial charge in [0, 0.05) is 26.1 Å². The first-order valence-corrected chi connectivity index (χ1v) is 8.11. The Morgan fingerprint density at radius 3 is 2.86 bits per heavy atom. The highest BCUT2D eigenvalue weighted by molar-refractivity contribution is 5.77. The van der Waals surface area contributed by atoms with E-state index in [-0.39, 0.29) is 11.8 Å². The highest BCUT2D eigenvalue weighted by Crippen LogP contribution is 2.22. The zero-order valence-electron chi connectivity index (χ0n) is 13.3. The van der Waals surface area contributed by atoms with Crippen LogP contribution in [-0.4, -0.2) is 37.1 Å². The van der Waals surface area contributed by atoms with Gasteiger partial charge in [-0.05, 0) is 37.2 Å². The summed E-state index contributed by atoms with van der Waals surface area (Å²) >= 11 is 0. The number of carbonyl (C=O) groups is 1. The van der Waals surface area contributed by atoms with Gasteiger partial charge in [-0.25, -0.2) is 0 Å². The molecule has 0 aliphatic carbocycles. The first-order valence-electron chi connectivity index (χ1n) is 8.11. The third-order valence-corrected chi connectivity index (χ3v) is 4.28. The summed E-state index contributed by atoms with van der Waals surface area (Å²) in [7, 11) is 0. The van der Waals surface area contributed by atoms with Crippen LogP contribution in [0.2, 0.25) is 0 Å². The third kappa shape index (κ3) is 4.85. The van der Waals surface area contributed by atoms with Crippen molar-refractivity contribution in [1.82, 2.24) is 4.90 Å². The summed E-state index contributed by atoms with van der Waals surface area (Å²) in [6.45, 7) is 7.47. The molecule has 1 aromatic rings. The summed E-state index contributed by atoms with van der Waals surface area (Å²) in [6.07, 6.45) is 2.88. The number of hydrogen-bond donors (Lipinski definition) is 0. The lowest BCUT2D eigenvalue weighted by Crippen LogP contribution is -2.41. The van der Waals surface area contributed by atoms with Crippen LogP contribution >= 0.6 is 0 Å². The van der Waals surface area contributed by atoms with Crippen LogP contribution in [0.3, 0.4) is 0 Å². The monoisotopic (exact) mass is 289 g/mol. The SMILES string of the molecule is CCOCC1CCCN(C(=O)CC(C)c2ccccc2)C1. The number of nitrogens with zero attached hydrogens (tertiary/aromatic N) is 1. The van der Waals surface area contributed by atoms with E-state index in [1.807, 2.05) is 30.0 Å². The highest BCUT2D eigenvalue weighted by Gasteiger charge is 2.24. The molecule has 3 heteroatoms. The summed E-state index contributed by atoms with van der Waals surface area (Å²) in [4.78, 5) is 14.5. The minimum atomic E-state index is 0.283. The van der Waals surface area contributed by atoms with Crippen LogP contribution < -0.4 is 0 Å². The molecule has 0 spiro atoms. The van der Waals surface area contributed by atoms with Crippen LogP contribution in [-0.2, 0) is 9.53 Å². The molecule has 2 unspecified atom stereocenters. The van der Waals surface area contributed by atoms with E-state index >= 15 is 0 Å². The fourth-order valence-electron chi connectivity index (χ4n) is 3.00. The minimum Gasteiger partial charge on any atom is -0.381 e. The molecule has 0 N–H and O–H groups in total. The largest absolute Gasteiger partial charge is 0.381 e. The Morgan fingerprint density at radius 2 is 2.14 bits per heavy atom. The minimum absolute atomic E-state index is 0.283. The van der Waals surface area contributed by atoms with Crippen molar-refractivity contribution in [3.8, 4) is 0 Å². The summed E-state index contributed by atoms with van der Waals surface area (Å²) < 4.78 is 5.51. The van der Waals surface area contributed by atoms with E-state index in [4.69, 9.17) is 4.74 Å². The molecule has 0 aromatic heterocycles. The number of amides is 1. The molecule has 1 aromatic carbocycles. The first kappa shape index (κ1) is 16.0. The van der Waals surface area contributed by atoms with Crippen molar-refractivity contribution >= 4 is 5.91 Å². The summed E-state index contributed by atoms with van der Waals surface area (Å²) in [5, 5.41) is 0. The number of carbonyl (C=O) groups excluding carboxylic acids is 1. The van der Waals surface area contributed by atoms with Crippen LogP contribution in [0.4, 0.5) is 0 Å². The fourth-order valence-corrected chi connectivity index (χ4v) is 3.00. The average molecular weight is 289 g/mol. The maximum atomic E-state index is 12.5. The first-order chi connectivity index (χ1) is 10.2. The molecule has 1 heterocycles. The van der Waals surface area contributed by atoms with Crippen molar-refractivity contribution in [2.75, 3.05) is 26.3 Å². The molecule has 1 saturated heterocycles. The zero-order valence-corrected chi connectivity index (χ0v) is 13.3. The molecular weight excluding hydrogens is 262 g/mol. The number of rotatable bonds is 6. The van der Waals surface area contributed by atoms with Gasteiger partial charge in [0.05, 0.1) is 6.61 Å². The Labute approximate surface area is 128 Å². The Bertz CT molecular complexity index is 432. The fraction of sp³-hybridized carbons (Fsp3) is 0.611. The van der Waals surface area contributed by atoms with Crippen LogP contribution in [0.1, 0.15) is 44.6 Å². The molecule has 1 fully saturated rings. The van der Waals surface area contributed by atoms with Crippen LogP contribution in [0.25, 0.3) is 0 Å². The van der Waals surface area contributed by atoms with E-state index in [1.165, 1.54) is 12.0 Å². The lowest BCUT2D eigenvalue weighted by atomic mass is 9.95. The van der Waals surface area contributed by atoms with Crippen LogP contribution in [0.5, 0.6) is 0 Å². The van der Waals surface area contributed by atoms with Crippen molar-refractivity contribution < 1.29 is 9.53 Å². The van der Waals surface area contributed by atoms with Gasteiger partial charge in [0.1, 0.15) is 0 Å². The second-order valence-electron chi connectivity index (χ2n) is 6.02. The number of hydrogen-bond acceptors (Lipinski definition) is 2. The van der Waals surface area contributed by atoms with Gasteiger partial charge in [-0.15, -0.1) is 0 Å². The predicted molar refractivity (Wildman–Crippen MR) is 85.3 cm³/mol. The van der Waals surface area contributed by atoms with Gasteiger partial charge in [0.15, 0.2) is 0 Å². The van der Waals surface area contributed by atoms with Crippen molar-refractivity contribution in [2.45, 2.75) is 39.0 Å². The van der Waals surface area contributed by atoms with Crippen molar-refractivity contribution in [2.24, 2.45) is 5.92 Å². The van der Waals surface area contributed by atoms with E-state index in [2.05, 4.69) is 19.1 Å². The van der Waals surface area contributed by atoms with E-state index in [0.29, 0.717) is 12.3 Å². The van der Waals surface area contributed by atoms with E-state index < -0.39 is 0 Å². The maximum Gasteiger partial charge on any atom is 0.223 e. The van der Waals surface area contributed by atoms with Gasteiger partial charge in [-0.2, -0.15) is 0 Å². The summed E-state index contributed by atoms with van der Waals surface area (Å²) in [5.41, 5.74) is 1.24. The molecule has 116 valence electrons. The van der Waals surface area contributed by atoms with E-state index in [1.54, 1.807) is 0 Å². The van der Waals surface area contributed by atoms with Gasteiger partial charge in [-0.3, -0.25) is 4.79 Å². The van der Waals surface area contributed by atoms with Gasteiger partial charge < -0.3 is 9.64 Å². The number of benzene rings is 1. The van der Waals surface area contributed by atoms with Crippen molar-refractivity contribution in [3.63, 3.8) is 0 Å². The number of likely N-dealkylation sites (tertiary alicyclic amines) is 1. The van der Waals surface area contributed by atoms with Gasteiger partial charge >= 0.3 is 0 Å². The highest BCUT2D eigenvalue weighted by atomic mass is 16.5. The van der Waals surface area contributed by atoms with Gasteiger partial charge in [0.2, 0.25) is 5.91 Å².